The molecule has 0 aliphatic rings. The highest BCUT2D eigenvalue weighted by Gasteiger charge is 2.25. The van der Waals surface area contributed by atoms with E-state index in [-0.39, 0.29) is 32.0 Å². The Balaban J connectivity index is 3.99. The Morgan fingerprint density at radius 1 is 0.452 bits per heavy atom. The fourth-order valence-electron chi connectivity index (χ4n) is 7.09. The molecule has 2 unspecified atom stereocenters. The molecule has 0 aliphatic heterocycles. The van der Waals surface area contributed by atoms with Crippen molar-refractivity contribution < 1.29 is 37.6 Å². The lowest BCUT2D eigenvalue weighted by atomic mass is 10.0. The van der Waals surface area contributed by atoms with Crippen LogP contribution in [0.3, 0.4) is 0 Å². The molecular formula is C53H95O8P. The highest BCUT2D eigenvalue weighted by atomic mass is 31.2. The number of esters is 2. The Bertz CT molecular complexity index is 1190. The van der Waals surface area contributed by atoms with Gasteiger partial charge in [0.25, 0.3) is 0 Å². The molecule has 0 saturated carbocycles. The van der Waals surface area contributed by atoms with E-state index in [9.17, 15) is 19.0 Å². The number of allylic oxidation sites excluding steroid dienone is 10. The largest absolute Gasteiger partial charge is 0.472 e. The molecule has 8 nitrogen and oxygen atoms in total. The van der Waals surface area contributed by atoms with E-state index in [0.717, 1.165) is 70.6 Å². The predicted octanol–water partition coefficient (Wildman–Crippen LogP) is 16.7. The fraction of sp³-hybridized carbons (Fsp3) is 0.774. The summed E-state index contributed by atoms with van der Waals surface area (Å²) in [6, 6.07) is 0. The van der Waals surface area contributed by atoms with Gasteiger partial charge in [0, 0.05) is 12.8 Å². The number of unbranched alkanes of at least 4 members (excludes halogenated alkanes) is 25. The molecule has 0 aromatic heterocycles. The molecule has 0 aliphatic carbocycles. The lowest BCUT2D eigenvalue weighted by molar-refractivity contribution is -0.161. The third-order valence-electron chi connectivity index (χ3n) is 10.8. The van der Waals surface area contributed by atoms with E-state index in [0.29, 0.717) is 6.42 Å². The number of carbonyl (C=O) groups excluding carboxylic acids is 2. The van der Waals surface area contributed by atoms with Gasteiger partial charge in [-0.2, -0.15) is 0 Å². The van der Waals surface area contributed by atoms with Crippen LogP contribution in [0.2, 0.25) is 0 Å². The molecule has 0 bridgehead atoms. The van der Waals surface area contributed by atoms with Crippen LogP contribution in [0, 0.1) is 0 Å². The molecule has 0 spiro atoms. The van der Waals surface area contributed by atoms with Crippen molar-refractivity contribution >= 4 is 19.8 Å². The maximum absolute atomic E-state index is 12.6. The van der Waals surface area contributed by atoms with Crippen molar-refractivity contribution in [2.24, 2.45) is 0 Å². The number of ether oxygens (including phenoxy) is 2. The number of phosphoric ester groups is 1. The highest BCUT2D eigenvalue weighted by molar-refractivity contribution is 7.47. The Hall–Kier alpha value is -2.25. The second kappa shape index (κ2) is 48.2. The predicted molar refractivity (Wildman–Crippen MR) is 262 cm³/mol. The second-order valence-corrected chi connectivity index (χ2v) is 18.3. The first kappa shape index (κ1) is 59.8. The second-order valence-electron chi connectivity index (χ2n) is 16.8. The molecule has 0 aromatic carbocycles. The van der Waals surface area contributed by atoms with Crippen LogP contribution in [0.25, 0.3) is 0 Å². The quantitative estimate of drug-likeness (QED) is 0.0279. The standard InChI is InChI=1S/C53H95O8P/c1-4-7-9-11-13-15-17-19-21-23-25-26-27-28-30-32-34-36-38-40-42-44-46-48-53(55)61-51(50-60-62(56,57)59-6-3)49-58-52(54)47-45-43-41-39-37-35-33-31-29-24-22-20-18-16-14-12-10-8-5-2/h7,9,13,15,19-22,25-26,51H,4-6,8,10-12,14,16-18,23-24,27-50H2,1-3H3,(H,56,57)/b9-7-,15-13-,21-19-,22-20-,26-25-. The van der Waals surface area contributed by atoms with Crippen LogP contribution < -0.4 is 0 Å². The van der Waals surface area contributed by atoms with Crippen molar-refractivity contribution in [3.8, 4) is 0 Å². The van der Waals surface area contributed by atoms with Crippen molar-refractivity contribution in [1.29, 1.82) is 0 Å². The van der Waals surface area contributed by atoms with Crippen LogP contribution in [-0.2, 0) is 32.7 Å². The van der Waals surface area contributed by atoms with E-state index in [1.165, 1.54) is 128 Å². The van der Waals surface area contributed by atoms with Crippen LogP contribution in [0.1, 0.15) is 239 Å². The average molecular weight is 891 g/mol. The first-order valence-electron chi connectivity index (χ1n) is 25.6. The monoisotopic (exact) mass is 891 g/mol. The first-order valence-corrected chi connectivity index (χ1v) is 27.1. The molecule has 1 N–H and O–H groups in total. The fourth-order valence-corrected chi connectivity index (χ4v) is 7.84. The number of hydrogen-bond acceptors (Lipinski definition) is 7. The van der Waals surface area contributed by atoms with E-state index in [4.69, 9.17) is 18.5 Å². The van der Waals surface area contributed by atoms with Gasteiger partial charge in [0.05, 0.1) is 13.2 Å². The minimum Gasteiger partial charge on any atom is -0.462 e. The van der Waals surface area contributed by atoms with Gasteiger partial charge in [0.2, 0.25) is 0 Å². The van der Waals surface area contributed by atoms with Crippen molar-refractivity contribution in [1.82, 2.24) is 0 Å². The van der Waals surface area contributed by atoms with Crippen LogP contribution in [0.5, 0.6) is 0 Å². The molecule has 2 atom stereocenters. The Labute approximate surface area is 381 Å². The Morgan fingerprint density at radius 3 is 1.26 bits per heavy atom. The Morgan fingerprint density at radius 2 is 0.823 bits per heavy atom. The van der Waals surface area contributed by atoms with E-state index < -0.39 is 26.5 Å². The zero-order valence-corrected chi connectivity index (χ0v) is 41.2. The molecule has 0 amide bonds. The molecule has 0 rings (SSSR count). The zero-order valence-electron chi connectivity index (χ0n) is 40.3. The van der Waals surface area contributed by atoms with Crippen molar-refractivity contribution in [3.05, 3.63) is 60.8 Å². The zero-order chi connectivity index (χ0) is 45.3. The summed E-state index contributed by atoms with van der Waals surface area (Å²) in [5.74, 6) is -0.800. The lowest BCUT2D eigenvalue weighted by Crippen LogP contribution is -2.29. The molecule has 0 aromatic rings. The molecule has 0 radical (unpaired) electrons. The van der Waals surface area contributed by atoms with Gasteiger partial charge in [-0.25, -0.2) is 4.57 Å². The van der Waals surface area contributed by atoms with E-state index in [1.807, 2.05) is 0 Å². The summed E-state index contributed by atoms with van der Waals surface area (Å²) in [6.45, 7) is 5.38. The summed E-state index contributed by atoms with van der Waals surface area (Å²) in [5.41, 5.74) is 0. The highest BCUT2D eigenvalue weighted by Crippen LogP contribution is 2.43. The van der Waals surface area contributed by atoms with Crippen molar-refractivity contribution in [3.63, 3.8) is 0 Å². The van der Waals surface area contributed by atoms with Gasteiger partial charge in [-0.3, -0.25) is 18.6 Å². The van der Waals surface area contributed by atoms with Gasteiger partial charge in [0.15, 0.2) is 6.10 Å². The summed E-state index contributed by atoms with van der Waals surface area (Å²) in [5, 5.41) is 0. The number of rotatable bonds is 47. The molecule has 0 fully saturated rings. The number of phosphoric acid groups is 1. The minimum atomic E-state index is -4.29. The van der Waals surface area contributed by atoms with Crippen molar-refractivity contribution in [2.75, 3.05) is 19.8 Å². The van der Waals surface area contributed by atoms with Crippen LogP contribution in [0.15, 0.2) is 60.8 Å². The molecule has 62 heavy (non-hydrogen) atoms. The topological polar surface area (TPSA) is 108 Å². The summed E-state index contributed by atoms with van der Waals surface area (Å²) >= 11 is 0. The summed E-state index contributed by atoms with van der Waals surface area (Å²) in [7, 11) is -4.29. The third-order valence-corrected chi connectivity index (χ3v) is 11.9. The van der Waals surface area contributed by atoms with Gasteiger partial charge < -0.3 is 14.4 Å². The first-order chi connectivity index (χ1) is 30.3. The average Bonchev–Trinajstić information content (AvgIpc) is 3.25. The summed E-state index contributed by atoms with van der Waals surface area (Å²) in [6.07, 6.45) is 59.9. The number of carbonyl (C=O) groups is 2. The molecule has 9 heteroatoms. The normalized spacial score (nSPS) is 13.7. The SMILES string of the molecule is CC/C=C\C/C=C\C/C=C\C/C=C\CCCCCCCCCCCCC(=O)OC(COC(=O)CCCCCCCCCCC/C=C\CCCCCCCC)COP(=O)(O)OCC. The molecule has 0 heterocycles. The smallest absolute Gasteiger partial charge is 0.462 e. The van der Waals surface area contributed by atoms with Gasteiger partial charge in [-0.15, -0.1) is 0 Å². The summed E-state index contributed by atoms with van der Waals surface area (Å²) < 4.78 is 32.8. The van der Waals surface area contributed by atoms with Crippen LogP contribution in [-0.4, -0.2) is 42.8 Å². The molecule has 0 saturated heterocycles. The van der Waals surface area contributed by atoms with Gasteiger partial charge in [-0.1, -0.05) is 203 Å². The summed E-state index contributed by atoms with van der Waals surface area (Å²) in [4.78, 5) is 34.9. The third kappa shape index (κ3) is 47.2. The van der Waals surface area contributed by atoms with Gasteiger partial charge >= 0.3 is 19.8 Å². The molecule has 360 valence electrons. The Kier molecular flexibility index (Phi) is 46.5. The molecular weight excluding hydrogens is 796 g/mol. The lowest BCUT2D eigenvalue weighted by Gasteiger charge is -2.19. The van der Waals surface area contributed by atoms with Gasteiger partial charge in [-0.05, 0) is 84.0 Å². The minimum absolute atomic E-state index is 0.00226. The van der Waals surface area contributed by atoms with Crippen LogP contribution >= 0.6 is 7.82 Å². The van der Waals surface area contributed by atoms with Crippen LogP contribution in [0.4, 0.5) is 0 Å². The maximum atomic E-state index is 12.6. The van der Waals surface area contributed by atoms with Crippen molar-refractivity contribution in [2.45, 2.75) is 245 Å². The van der Waals surface area contributed by atoms with E-state index >= 15 is 0 Å². The maximum Gasteiger partial charge on any atom is 0.472 e. The van der Waals surface area contributed by atoms with Gasteiger partial charge in [0.1, 0.15) is 6.61 Å². The number of hydrogen-bond donors (Lipinski definition) is 1. The van der Waals surface area contributed by atoms with E-state index in [2.05, 4.69) is 74.6 Å². The van der Waals surface area contributed by atoms with E-state index in [1.54, 1.807) is 6.92 Å².